The second-order valence-electron chi connectivity index (χ2n) is 7.75. The number of halogens is 1. The van der Waals surface area contributed by atoms with Crippen molar-refractivity contribution in [2.75, 3.05) is 45.9 Å². The number of hydrogen-bond donors (Lipinski definition) is 1. The molecule has 0 spiro atoms. The van der Waals surface area contributed by atoms with Gasteiger partial charge in [0.25, 0.3) is 0 Å². The number of ether oxygens (including phenoxy) is 1. The van der Waals surface area contributed by atoms with E-state index in [1.165, 1.54) is 5.56 Å². The maximum atomic E-state index is 12.2. The zero-order valence-corrected chi connectivity index (χ0v) is 18.1. The number of urea groups is 1. The number of rotatable bonds is 6. The molecule has 1 aliphatic rings. The molecule has 1 heterocycles. The van der Waals surface area contributed by atoms with E-state index in [0.717, 1.165) is 49.4 Å². The van der Waals surface area contributed by atoms with E-state index in [2.05, 4.69) is 66.0 Å². The summed E-state index contributed by atoms with van der Waals surface area (Å²) in [5.74, 6) is 0.847. The molecule has 2 amide bonds. The van der Waals surface area contributed by atoms with Gasteiger partial charge in [-0.2, -0.15) is 0 Å². The minimum absolute atomic E-state index is 0.0384. The highest BCUT2D eigenvalue weighted by molar-refractivity contribution is 9.10. The minimum atomic E-state index is 0.0384. The van der Waals surface area contributed by atoms with Crippen LogP contribution in [0.25, 0.3) is 0 Å². The Morgan fingerprint density at radius 2 is 1.92 bits per heavy atom. The van der Waals surface area contributed by atoms with Crippen LogP contribution in [-0.4, -0.2) is 61.7 Å². The Hall–Kier alpha value is -1.27. The first-order chi connectivity index (χ1) is 12.3. The standard InChI is InChI=1S/C20H32BrN3O2/c1-5-23-10-12-24(13-11-23)19(25)22-9-6-14-26-18-8-7-16(15-17(18)21)20(2,3)4/h7-8,15H,5-6,9-14H2,1-4H3,(H,22,25). The number of carbonyl (C=O) groups excluding carboxylic acids is 1. The molecule has 0 atom stereocenters. The van der Waals surface area contributed by atoms with Crippen LogP contribution in [0.1, 0.15) is 39.7 Å². The number of piperazine rings is 1. The Kier molecular flexibility index (Phi) is 7.77. The fraction of sp³-hybridized carbons (Fsp3) is 0.650. The van der Waals surface area contributed by atoms with Crippen molar-refractivity contribution >= 4 is 22.0 Å². The van der Waals surface area contributed by atoms with E-state index >= 15 is 0 Å². The Morgan fingerprint density at radius 3 is 2.50 bits per heavy atom. The van der Waals surface area contributed by atoms with Gasteiger partial charge in [0.15, 0.2) is 0 Å². The molecule has 1 aliphatic heterocycles. The van der Waals surface area contributed by atoms with Crippen LogP contribution in [-0.2, 0) is 5.41 Å². The second-order valence-corrected chi connectivity index (χ2v) is 8.60. The molecule has 0 radical (unpaired) electrons. The summed E-state index contributed by atoms with van der Waals surface area (Å²) in [6.07, 6.45) is 0.786. The summed E-state index contributed by atoms with van der Waals surface area (Å²) >= 11 is 3.59. The molecular weight excluding hydrogens is 394 g/mol. The SMILES string of the molecule is CCN1CCN(C(=O)NCCCOc2ccc(C(C)(C)C)cc2Br)CC1. The van der Waals surface area contributed by atoms with Gasteiger partial charge in [-0.05, 0) is 52.0 Å². The molecule has 0 bridgehead atoms. The third-order valence-corrected chi connectivity index (χ3v) is 5.38. The summed E-state index contributed by atoms with van der Waals surface area (Å²) in [6.45, 7) is 14.6. The average molecular weight is 426 g/mol. The molecule has 0 aliphatic carbocycles. The number of nitrogens with one attached hydrogen (secondary N) is 1. The summed E-state index contributed by atoms with van der Waals surface area (Å²) in [5, 5.41) is 2.99. The highest BCUT2D eigenvalue weighted by atomic mass is 79.9. The smallest absolute Gasteiger partial charge is 0.317 e. The molecule has 6 heteroatoms. The van der Waals surface area contributed by atoms with E-state index in [4.69, 9.17) is 4.74 Å². The van der Waals surface area contributed by atoms with Crippen LogP contribution in [0.3, 0.4) is 0 Å². The van der Waals surface area contributed by atoms with Gasteiger partial charge in [-0.1, -0.05) is 33.8 Å². The van der Waals surface area contributed by atoms with Crippen molar-refractivity contribution < 1.29 is 9.53 Å². The van der Waals surface area contributed by atoms with Gasteiger partial charge in [-0.15, -0.1) is 0 Å². The van der Waals surface area contributed by atoms with Crippen molar-refractivity contribution in [3.05, 3.63) is 28.2 Å². The van der Waals surface area contributed by atoms with Crippen LogP contribution in [0.4, 0.5) is 4.79 Å². The second kappa shape index (κ2) is 9.60. The maximum absolute atomic E-state index is 12.2. The molecule has 146 valence electrons. The van der Waals surface area contributed by atoms with Crippen molar-refractivity contribution in [1.82, 2.24) is 15.1 Å². The van der Waals surface area contributed by atoms with Crippen molar-refractivity contribution in [3.8, 4) is 5.75 Å². The average Bonchev–Trinajstić information content (AvgIpc) is 2.61. The summed E-state index contributed by atoms with van der Waals surface area (Å²) in [6, 6.07) is 6.28. The predicted octanol–water partition coefficient (Wildman–Crippen LogP) is 3.86. The first kappa shape index (κ1) is 21.0. The zero-order chi connectivity index (χ0) is 19.2. The number of amides is 2. The van der Waals surface area contributed by atoms with Crippen molar-refractivity contribution in [1.29, 1.82) is 0 Å². The van der Waals surface area contributed by atoms with Gasteiger partial charge in [0.05, 0.1) is 11.1 Å². The van der Waals surface area contributed by atoms with Gasteiger partial charge >= 0.3 is 6.03 Å². The Labute approximate surface area is 166 Å². The topological polar surface area (TPSA) is 44.8 Å². The molecule has 0 unspecified atom stereocenters. The van der Waals surface area contributed by atoms with Gasteiger partial charge in [0, 0.05) is 32.7 Å². The normalized spacial score (nSPS) is 15.8. The Balaban J connectivity index is 1.67. The lowest BCUT2D eigenvalue weighted by atomic mass is 9.87. The van der Waals surface area contributed by atoms with Gasteiger partial charge in [-0.3, -0.25) is 0 Å². The highest BCUT2D eigenvalue weighted by Crippen LogP contribution is 2.31. The summed E-state index contributed by atoms with van der Waals surface area (Å²) < 4.78 is 6.82. The predicted molar refractivity (Wildman–Crippen MR) is 110 cm³/mol. The Bertz CT molecular complexity index is 593. The van der Waals surface area contributed by atoms with Crippen LogP contribution in [0, 0.1) is 0 Å². The zero-order valence-electron chi connectivity index (χ0n) is 16.5. The molecule has 1 saturated heterocycles. The van der Waals surface area contributed by atoms with E-state index in [0.29, 0.717) is 13.2 Å². The number of nitrogens with zero attached hydrogens (tertiary/aromatic N) is 2. The molecule has 1 aromatic rings. The van der Waals surface area contributed by atoms with Crippen molar-refractivity contribution in [3.63, 3.8) is 0 Å². The summed E-state index contributed by atoms with van der Waals surface area (Å²) in [4.78, 5) is 16.4. The summed E-state index contributed by atoms with van der Waals surface area (Å²) in [7, 11) is 0. The number of carbonyl (C=O) groups is 1. The first-order valence-corrected chi connectivity index (χ1v) is 10.3. The van der Waals surface area contributed by atoms with Gasteiger partial charge < -0.3 is 19.9 Å². The largest absolute Gasteiger partial charge is 0.492 e. The molecule has 2 rings (SSSR count). The molecule has 26 heavy (non-hydrogen) atoms. The maximum Gasteiger partial charge on any atom is 0.317 e. The lowest BCUT2D eigenvalue weighted by Crippen LogP contribution is -2.51. The minimum Gasteiger partial charge on any atom is -0.492 e. The van der Waals surface area contributed by atoms with Crippen LogP contribution in [0.5, 0.6) is 5.75 Å². The van der Waals surface area contributed by atoms with Gasteiger partial charge in [0.2, 0.25) is 0 Å². The number of benzene rings is 1. The lowest BCUT2D eigenvalue weighted by molar-refractivity contribution is 0.142. The first-order valence-electron chi connectivity index (χ1n) is 9.49. The monoisotopic (exact) mass is 425 g/mol. The van der Waals surface area contributed by atoms with E-state index in [-0.39, 0.29) is 11.4 Å². The Morgan fingerprint density at radius 1 is 1.23 bits per heavy atom. The van der Waals surface area contributed by atoms with Crippen LogP contribution >= 0.6 is 15.9 Å². The van der Waals surface area contributed by atoms with E-state index in [1.54, 1.807) is 0 Å². The quantitative estimate of drug-likeness (QED) is 0.703. The van der Waals surface area contributed by atoms with Crippen LogP contribution in [0.2, 0.25) is 0 Å². The summed E-state index contributed by atoms with van der Waals surface area (Å²) in [5.41, 5.74) is 1.39. The van der Waals surface area contributed by atoms with Gasteiger partial charge in [0.1, 0.15) is 5.75 Å². The van der Waals surface area contributed by atoms with Crippen molar-refractivity contribution in [2.45, 2.75) is 39.5 Å². The van der Waals surface area contributed by atoms with E-state index < -0.39 is 0 Å². The fourth-order valence-electron chi connectivity index (χ4n) is 2.91. The molecule has 1 N–H and O–H groups in total. The third-order valence-electron chi connectivity index (χ3n) is 4.76. The molecule has 5 nitrogen and oxygen atoms in total. The molecule has 1 aromatic carbocycles. The number of hydrogen-bond acceptors (Lipinski definition) is 3. The van der Waals surface area contributed by atoms with Gasteiger partial charge in [-0.25, -0.2) is 4.79 Å². The molecular formula is C20H32BrN3O2. The molecule has 0 aromatic heterocycles. The van der Waals surface area contributed by atoms with Crippen molar-refractivity contribution in [2.24, 2.45) is 0 Å². The van der Waals surface area contributed by atoms with E-state index in [1.807, 2.05) is 11.0 Å². The van der Waals surface area contributed by atoms with E-state index in [9.17, 15) is 4.79 Å². The molecule has 1 fully saturated rings. The number of likely N-dealkylation sites (N-methyl/N-ethyl adjacent to an activating group) is 1. The molecule has 0 saturated carbocycles. The fourth-order valence-corrected chi connectivity index (χ4v) is 3.41. The lowest BCUT2D eigenvalue weighted by Gasteiger charge is -2.34. The van der Waals surface area contributed by atoms with Crippen LogP contribution in [0.15, 0.2) is 22.7 Å². The highest BCUT2D eigenvalue weighted by Gasteiger charge is 2.19. The third kappa shape index (κ3) is 6.16. The van der Waals surface area contributed by atoms with Crippen LogP contribution < -0.4 is 10.1 Å².